The third-order valence-corrected chi connectivity index (χ3v) is 3.91. The lowest BCUT2D eigenvalue weighted by Crippen LogP contribution is -2.21. The van der Waals surface area contributed by atoms with Crippen LogP contribution in [-0.4, -0.2) is 66.8 Å². The lowest BCUT2D eigenvalue weighted by atomic mass is 10.1. The molecule has 1 fully saturated rings. The van der Waals surface area contributed by atoms with Gasteiger partial charge in [0.15, 0.2) is 6.10 Å². The number of carboxylic acid groups (broad SMARTS) is 1. The normalized spacial score (nSPS) is 14.2. The molecule has 4 N–H and O–H groups in total. The number of aliphatic hydroxyl groups excluding tert-OH is 3. The van der Waals surface area contributed by atoms with Crippen molar-refractivity contribution in [2.45, 2.75) is 37.9 Å². The van der Waals surface area contributed by atoms with Crippen LogP contribution in [0.25, 0.3) is 0 Å². The molecular formula is C22H30BO6. The van der Waals surface area contributed by atoms with Gasteiger partial charge >= 0.3 is 5.97 Å². The van der Waals surface area contributed by atoms with Gasteiger partial charge in [-0.25, -0.2) is 4.79 Å². The van der Waals surface area contributed by atoms with Crippen molar-refractivity contribution in [2.75, 3.05) is 19.8 Å². The molecule has 2 aromatic rings. The van der Waals surface area contributed by atoms with Gasteiger partial charge in [0.2, 0.25) is 0 Å². The summed E-state index contributed by atoms with van der Waals surface area (Å²) in [6.45, 7) is 1.83. The van der Waals surface area contributed by atoms with E-state index in [1.807, 2.05) is 48.5 Å². The maximum Gasteiger partial charge on any atom is 0.332 e. The molecule has 0 spiro atoms. The number of aliphatic carboxylic acids is 1. The highest BCUT2D eigenvalue weighted by Crippen LogP contribution is 2.03. The van der Waals surface area contributed by atoms with Gasteiger partial charge in [-0.3, -0.25) is 0 Å². The van der Waals surface area contributed by atoms with Gasteiger partial charge in [-0.2, -0.15) is 0 Å². The van der Waals surface area contributed by atoms with Crippen molar-refractivity contribution in [3.8, 4) is 0 Å². The third kappa shape index (κ3) is 13.6. The number of carbonyl (C=O) groups is 1. The smallest absolute Gasteiger partial charge is 0.332 e. The monoisotopic (exact) mass is 401 g/mol. The van der Waals surface area contributed by atoms with Gasteiger partial charge in [0, 0.05) is 34.5 Å². The zero-order valence-corrected chi connectivity index (χ0v) is 16.6. The summed E-state index contributed by atoms with van der Waals surface area (Å²) in [6.07, 6.45) is 1.32. The van der Waals surface area contributed by atoms with E-state index in [0.717, 1.165) is 24.3 Å². The molecule has 1 aliphatic heterocycles. The minimum absolute atomic E-state index is 0. The first-order valence-electron chi connectivity index (χ1n) is 9.38. The fraction of sp³-hybridized carbons (Fsp3) is 0.409. The Labute approximate surface area is 174 Å². The summed E-state index contributed by atoms with van der Waals surface area (Å²) in [6, 6.07) is 18.6. The Bertz CT molecular complexity index is 627. The fourth-order valence-corrected chi connectivity index (χ4v) is 2.39. The largest absolute Gasteiger partial charge is 0.479 e. The summed E-state index contributed by atoms with van der Waals surface area (Å²) < 4.78 is 4.94. The van der Waals surface area contributed by atoms with Gasteiger partial charge in [0.05, 0.1) is 12.7 Å². The van der Waals surface area contributed by atoms with E-state index in [1.165, 1.54) is 12.8 Å². The molecule has 2 atom stereocenters. The number of aliphatic hydroxyl groups is 3. The summed E-state index contributed by atoms with van der Waals surface area (Å²) in [5, 5.41) is 35.0. The molecule has 29 heavy (non-hydrogen) atoms. The van der Waals surface area contributed by atoms with E-state index in [9.17, 15) is 4.79 Å². The summed E-state index contributed by atoms with van der Waals surface area (Å²) in [5.41, 5.74) is 1.88. The Morgan fingerprint density at radius 3 is 1.66 bits per heavy atom. The number of hydrogen-bond donors (Lipinski definition) is 4. The second kappa shape index (κ2) is 16.7. The van der Waals surface area contributed by atoms with E-state index in [2.05, 4.69) is 0 Å². The van der Waals surface area contributed by atoms with E-state index in [0.29, 0.717) is 6.42 Å². The molecule has 0 aliphatic carbocycles. The maximum absolute atomic E-state index is 10.3. The topological polar surface area (TPSA) is 107 Å². The lowest BCUT2D eigenvalue weighted by molar-refractivity contribution is -0.146. The molecular weight excluding hydrogens is 371 g/mol. The molecule has 6 nitrogen and oxygen atoms in total. The Kier molecular flexibility index (Phi) is 15.5. The van der Waals surface area contributed by atoms with E-state index in [4.69, 9.17) is 25.2 Å². The van der Waals surface area contributed by atoms with Gasteiger partial charge < -0.3 is 25.2 Å². The van der Waals surface area contributed by atoms with Gasteiger partial charge in [-0.1, -0.05) is 60.7 Å². The quantitative estimate of drug-likeness (QED) is 0.549. The predicted octanol–water partition coefficient (Wildman–Crippen LogP) is 1.67. The first-order chi connectivity index (χ1) is 13.5. The Morgan fingerprint density at radius 1 is 0.862 bits per heavy atom. The summed E-state index contributed by atoms with van der Waals surface area (Å²) >= 11 is 0. The molecule has 3 rings (SSSR count). The molecule has 1 aliphatic rings. The minimum atomic E-state index is -1.30. The van der Waals surface area contributed by atoms with Crippen LogP contribution in [0.1, 0.15) is 24.0 Å². The highest BCUT2D eigenvalue weighted by molar-refractivity contribution is 5.75. The van der Waals surface area contributed by atoms with E-state index in [1.54, 1.807) is 12.1 Å². The van der Waals surface area contributed by atoms with Crippen LogP contribution < -0.4 is 0 Å². The molecule has 0 amide bonds. The Morgan fingerprint density at radius 2 is 1.31 bits per heavy atom. The number of carboxylic acids is 1. The van der Waals surface area contributed by atoms with Gasteiger partial charge in [0.1, 0.15) is 0 Å². The summed E-state index contributed by atoms with van der Waals surface area (Å²) in [7, 11) is 0. The van der Waals surface area contributed by atoms with Crippen LogP contribution in [0.15, 0.2) is 60.7 Å². The number of hydrogen-bond acceptors (Lipinski definition) is 5. The van der Waals surface area contributed by atoms with Crippen molar-refractivity contribution >= 4 is 14.4 Å². The van der Waals surface area contributed by atoms with Crippen LogP contribution in [0.5, 0.6) is 0 Å². The van der Waals surface area contributed by atoms with Crippen molar-refractivity contribution in [3.05, 3.63) is 71.8 Å². The zero-order chi connectivity index (χ0) is 20.6. The molecule has 0 bridgehead atoms. The number of ether oxygens (including phenoxy) is 1. The van der Waals surface area contributed by atoms with Crippen LogP contribution in [0, 0.1) is 0 Å². The molecule has 1 saturated heterocycles. The van der Waals surface area contributed by atoms with Gasteiger partial charge in [-0.05, 0) is 24.0 Å². The van der Waals surface area contributed by atoms with Crippen molar-refractivity contribution in [1.82, 2.24) is 0 Å². The van der Waals surface area contributed by atoms with E-state index < -0.39 is 18.2 Å². The average molecular weight is 401 g/mol. The average Bonchev–Trinajstić information content (AvgIpc) is 3.30. The van der Waals surface area contributed by atoms with Crippen LogP contribution >= 0.6 is 0 Å². The summed E-state index contributed by atoms with van der Waals surface area (Å²) in [5.74, 6) is -1.18. The van der Waals surface area contributed by atoms with Crippen molar-refractivity contribution in [1.29, 1.82) is 0 Å². The van der Waals surface area contributed by atoms with Crippen LogP contribution in [0.4, 0.5) is 0 Å². The van der Waals surface area contributed by atoms with Crippen molar-refractivity contribution in [3.63, 3.8) is 0 Å². The van der Waals surface area contributed by atoms with Crippen molar-refractivity contribution < 1.29 is 30.0 Å². The van der Waals surface area contributed by atoms with Crippen LogP contribution in [0.2, 0.25) is 0 Å². The molecule has 1 heterocycles. The molecule has 0 unspecified atom stereocenters. The third-order valence-electron chi connectivity index (χ3n) is 3.91. The van der Waals surface area contributed by atoms with Crippen LogP contribution in [-0.2, 0) is 22.4 Å². The molecule has 2 aromatic carbocycles. The first-order valence-corrected chi connectivity index (χ1v) is 9.38. The van der Waals surface area contributed by atoms with Crippen LogP contribution in [0.3, 0.4) is 0 Å². The highest BCUT2D eigenvalue weighted by atomic mass is 16.5. The maximum atomic E-state index is 10.3. The molecule has 0 aromatic heterocycles. The minimum Gasteiger partial charge on any atom is -0.479 e. The van der Waals surface area contributed by atoms with Gasteiger partial charge in [-0.15, -0.1) is 0 Å². The van der Waals surface area contributed by atoms with E-state index in [-0.39, 0.29) is 21.4 Å². The Hall–Kier alpha value is -2.19. The van der Waals surface area contributed by atoms with E-state index >= 15 is 0 Å². The highest BCUT2D eigenvalue weighted by Gasteiger charge is 2.12. The summed E-state index contributed by atoms with van der Waals surface area (Å²) in [4.78, 5) is 10.3. The lowest BCUT2D eigenvalue weighted by Gasteiger charge is -2.05. The van der Waals surface area contributed by atoms with Crippen molar-refractivity contribution in [2.24, 2.45) is 0 Å². The first kappa shape index (κ1) is 26.8. The van der Waals surface area contributed by atoms with Gasteiger partial charge in [0.25, 0.3) is 0 Å². The number of rotatable bonds is 6. The second-order valence-electron chi connectivity index (χ2n) is 6.39. The predicted molar refractivity (Wildman–Crippen MR) is 113 cm³/mol. The molecule has 7 heteroatoms. The second-order valence-corrected chi connectivity index (χ2v) is 6.39. The SMILES string of the molecule is C1CCOC1.O=C(O)[C@@H](O)Cc1ccccc1.OC[C@@H](O)Cc1ccccc1.[B]. The molecule has 0 saturated carbocycles. The fourth-order valence-electron chi connectivity index (χ4n) is 2.39. The Balaban J connectivity index is 0.000000427. The molecule has 157 valence electrons. The molecule has 3 radical (unpaired) electrons. The zero-order valence-electron chi connectivity index (χ0n) is 16.6. The standard InChI is InChI=1S/C9H10O3.C9H12O2.C4H8O.B/c10-8(9(11)12)6-7-4-2-1-3-5-7;10-7-9(11)6-8-4-2-1-3-5-8;1-2-4-5-3-1;/h1-5,8,10H,6H2,(H,11,12);1-5,9-11H,6-7H2;1-4H2;/t8-;9-;;/m00../s1. The number of benzene rings is 2.